The molecule has 0 atom stereocenters. The van der Waals surface area contributed by atoms with Gasteiger partial charge in [0.25, 0.3) is 0 Å². The van der Waals surface area contributed by atoms with Gasteiger partial charge < -0.3 is 5.32 Å². The van der Waals surface area contributed by atoms with Gasteiger partial charge >= 0.3 is 0 Å². The Kier molecular flexibility index (Phi) is 4.62. The Labute approximate surface area is 112 Å². The maximum atomic E-state index is 5.77. The number of hydrogen-bond donors (Lipinski definition) is 1. The van der Waals surface area contributed by atoms with Crippen LogP contribution in [0.25, 0.3) is 0 Å². The first kappa shape index (κ1) is 14.4. The Morgan fingerprint density at radius 3 is 2.33 bits per heavy atom. The van der Waals surface area contributed by atoms with Crippen molar-refractivity contribution in [3.63, 3.8) is 0 Å². The molecule has 1 aromatic heterocycles. The number of aromatic nitrogens is 3. The van der Waals surface area contributed by atoms with Gasteiger partial charge in [-0.25, -0.2) is 4.98 Å². The standard InChI is InChI=1S/C12H13ClN4.CH4/c1-7-4-5-10(6-8(7)2)16-12-15-9(3)14-11(13)17-12;/h4-6H,1-3H3,(H,14,15,16,17);1H4. The molecule has 4 nitrogen and oxygen atoms in total. The average Bonchev–Trinajstić information content (AvgIpc) is 2.22. The summed E-state index contributed by atoms with van der Waals surface area (Å²) in [4.78, 5) is 12.1. The second-order valence-electron chi connectivity index (χ2n) is 3.90. The molecule has 0 unspecified atom stereocenters. The topological polar surface area (TPSA) is 50.7 Å². The van der Waals surface area contributed by atoms with E-state index in [1.54, 1.807) is 6.92 Å². The summed E-state index contributed by atoms with van der Waals surface area (Å²) >= 11 is 5.77. The summed E-state index contributed by atoms with van der Waals surface area (Å²) < 4.78 is 0. The van der Waals surface area contributed by atoms with E-state index in [-0.39, 0.29) is 12.7 Å². The number of anilines is 2. The van der Waals surface area contributed by atoms with Gasteiger partial charge in [0, 0.05) is 5.69 Å². The van der Waals surface area contributed by atoms with E-state index in [2.05, 4.69) is 34.1 Å². The molecule has 0 aliphatic heterocycles. The van der Waals surface area contributed by atoms with Crippen LogP contribution < -0.4 is 5.32 Å². The molecular formula is C13H17ClN4. The van der Waals surface area contributed by atoms with Crippen LogP contribution >= 0.6 is 11.6 Å². The summed E-state index contributed by atoms with van der Waals surface area (Å²) in [5.41, 5.74) is 3.40. The molecule has 1 heterocycles. The Bertz CT molecular complexity index is 534. The summed E-state index contributed by atoms with van der Waals surface area (Å²) in [7, 11) is 0. The van der Waals surface area contributed by atoms with Crippen LogP contribution in [0.1, 0.15) is 24.4 Å². The molecular weight excluding hydrogens is 248 g/mol. The third-order valence-corrected chi connectivity index (χ3v) is 2.65. The predicted molar refractivity (Wildman–Crippen MR) is 75.5 cm³/mol. The zero-order chi connectivity index (χ0) is 12.4. The van der Waals surface area contributed by atoms with Gasteiger partial charge in [-0.05, 0) is 55.6 Å². The van der Waals surface area contributed by atoms with Crippen LogP contribution in [0.4, 0.5) is 11.6 Å². The lowest BCUT2D eigenvalue weighted by Gasteiger charge is -2.07. The summed E-state index contributed by atoms with van der Waals surface area (Å²) in [5, 5.41) is 3.30. The minimum Gasteiger partial charge on any atom is -0.324 e. The van der Waals surface area contributed by atoms with Crippen molar-refractivity contribution in [2.24, 2.45) is 0 Å². The molecule has 0 radical (unpaired) electrons. The fourth-order valence-corrected chi connectivity index (χ4v) is 1.66. The highest BCUT2D eigenvalue weighted by atomic mass is 35.5. The van der Waals surface area contributed by atoms with Crippen LogP contribution in [0.5, 0.6) is 0 Å². The molecule has 0 saturated heterocycles. The molecule has 0 fully saturated rings. The van der Waals surface area contributed by atoms with Crippen molar-refractivity contribution in [2.75, 3.05) is 5.32 Å². The predicted octanol–water partition coefficient (Wildman–Crippen LogP) is 3.83. The molecule has 0 aliphatic carbocycles. The summed E-state index contributed by atoms with van der Waals surface area (Å²) in [5.74, 6) is 1.06. The van der Waals surface area contributed by atoms with E-state index >= 15 is 0 Å². The Balaban J connectivity index is 0.00000162. The van der Waals surface area contributed by atoms with E-state index in [1.807, 2.05) is 18.2 Å². The van der Waals surface area contributed by atoms with E-state index in [0.717, 1.165) is 5.69 Å². The van der Waals surface area contributed by atoms with E-state index in [9.17, 15) is 0 Å². The number of halogens is 1. The zero-order valence-electron chi connectivity index (χ0n) is 9.95. The maximum Gasteiger partial charge on any atom is 0.231 e. The Morgan fingerprint density at radius 1 is 1.00 bits per heavy atom. The Morgan fingerprint density at radius 2 is 1.72 bits per heavy atom. The first-order valence-corrected chi connectivity index (χ1v) is 5.65. The number of nitrogens with one attached hydrogen (secondary N) is 1. The number of hydrogen-bond acceptors (Lipinski definition) is 4. The van der Waals surface area contributed by atoms with Crippen molar-refractivity contribution in [2.45, 2.75) is 28.2 Å². The molecule has 96 valence electrons. The molecule has 2 aromatic rings. The minimum absolute atomic E-state index is 0. The second kappa shape index (κ2) is 5.78. The highest BCUT2D eigenvalue weighted by Gasteiger charge is 2.03. The quantitative estimate of drug-likeness (QED) is 0.896. The fourth-order valence-electron chi connectivity index (χ4n) is 1.45. The maximum absolute atomic E-state index is 5.77. The second-order valence-corrected chi connectivity index (χ2v) is 4.24. The van der Waals surface area contributed by atoms with Crippen molar-refractivity contribution < 1.29 is 0 Å². The van der Waals surface area contributed by atoms with E-state index in [1.165, 1.54) is 11.1 Å². The number of aryl methyl sites for hydroxylation is 3. The highest BCUT2D eigenvalue weighted by molar-refractivity contribution is 6.28. The van der Waals surface area contributed by atoms with E-state index in [4.69, 9.17) is 11.6 Å². The molecule has 18 heavy (non-hydrogen) atoms. The molecule has 0 spiro atoms. The van der Waals surface area contributed by atoms with Crippen LogP contribution in [-0.4, -0.2) is 15.0 Å². The van der Waals surface area contributed by atoms with Crippen LogP contribution in [-0.2, 0) is 0 Å². The van der Waals surface area contributed by atoms with Gasteiger partial charge in [-0.3, -0.25) is 0 Å². The van der Waals surface area contributed by atoms with Crippen molar-refractivity contribution in [3.8, 4) is 0 Å². The van der Waals surface area contributed by atoms with Gasteiger partial charge in [0.2, 0.25) is 11.2 Å². The third kappa shape index (κ3) is 3.40. The minimum atomic E-state index is 0. The fraction of sp³-hybridized carbons (Fsp3) is 0.308. The SMILES string of the molecule is C.Cc1nc(Cl)nc(Nc2ccc(C)c(C)c2)n1. The van der Waals surface area contributed by atoms with Crippen LogP contribution in [0, 0.1) is 20.8 Å². The van der Waals surface area contributed by atoms with Gasteiger partial charge in [0.15, 0.2) is 0 Å². The third-order valence-electron chi connectivity index (χ3n) is 2.48. The van der Waals surface area contributed by atoms with Crippen molar-refractivity contribution in [1.82, 2.24) is 15.0 Å². The van der Waals surface area contributed by atoms with Gasteiger partial charge in [0.1, 0.15) is 5.82 Å². The van der Waals surface area contributed by atoms with Crippen molar-refractivity contribution in [1.29, 1.82) is 0 Å². The first-order chi connectivity index (χ1) is 8.04. The normalized spacial score (nSPS) is 9.78. The Hall–Kier alpha value is -1.68. The largest absolute Gasteiger partial charge is 0.324 e. The number of rotatable bonds is 2. The van der Waals surface area contributed by atoms with Gasteiger partial charge in [-0.15, -0.1) is 0 Å². The van der Waals surface area contributed by atoms with E-state index < -0.39 is 0 Å². The van der Waals surface area contributed by atoms with Gasteiger partial charge in [-0.1, -0.05) is 13.5 Å². The molecule has 0 saturated carbocycles. The monoisotopic (exact) mass is 264 g/mol. The molecule has 2 rings (SSSR count). The summed E-state index contributed by atoms with van der Waals surface area (Å²) in [6.45, 7) is 5.91. The highest BCUT2D eigenvalue weighted by Crippen LogP contribution is 2.17. The molecule has 0 bridgehead atoms. The van der Waals surface area contributed by atoms with Crippen LogP contribution in [0.15, 0.2) is 18.2 Å². The molecule has 0 aliphatic rings. The summed E-state index contributed by atoms with van der Waals surface area (Å²) in [6, 6.07) is 6.07. The molecule has 1 aromatic carbocycles. The molecule has 1 N–H and O–H groups in total. The van der Waals surface area contributed by atoms with Crippen LogP contribution in [0.2, 0.25) is 5.28 Å². The number of nitrogens with zero attached hydrogens (tertiary/aromatic N) is 3. The lowest BCUT2D eigenvalue weighted by molar-refractivity contribution is 0.982. The molecule has 5 heteroatoms. The van der Waals surface area contributed by atoms with Gasteiger partial charge in [-0.2, -0.15) is 9.97 Å². The molecule has 0 amide bonds. The van der Waals surface area contributed by atoms with Crippen molar-refractivity contribution >= 4 is 23.2 Å². The first-order valence-electron chi connectivity index (χ1n) is 5.27. The van der Waals surface area contributed by atoms with Crippen molar-refractivity contribution in [3.05, 3.63) is 40.4 Å². The average molecular weight is 265 g/mol. The van der Waals surface area contributed by atoms with Crippen LogP contribution in [0.3, 0.4) is 0 Å². The lowest BCUT2D eigenvalue weighted by Crippen LogP contribution is -2.01. The van der Waals surface area contributed by atoms with Gasteiger partial charge in [0.05, 0.1) is 0 Å². The number of benzene rings is 1. The zero-order valence-corrected chi connectivity index (χ0v) is 10.7. The smallest absolute Gasteiger partial charge is 0.231 e. The van der Waals surface area contributed by atoms with E-state index in [0.29, 0.717) is 11.8 Å². The lowest BCUT2D eigenvalue weighted by atomic mass is 10.1. The summed E-state index contributed by atoms with van der Waals surface area (Å²) in [6.07, 6.45) is 0.